The Labute approximate surface area is 105 Å². The molecule has 1 amide bonds. The number of rotatable bonds is 4. The van der Waals surface area contributed by atoms with Crippen LogP contribution in [0, 0.1) is 0 Å². The molecule has 4 nitrogen and oxygen atoms in total. The van der Waals surface area contributed by atoms with Crippen LogP contribution >= 0.6 is 11.8 Å². The molecule has 5 heteroatoms. The van der Waals surface area contributed by atoms with Crippen LogP contribution in [-0.2, 0) is 4.79 Å². The van der Waals surface area contributed by atoms with Crippen LogP contribution in [0.5, 0.6) is 11.5 Å². The number of benzene rings is 1. The molecular formula is C12H15NO3S. The van der Waals surface area contributed by atoms with Gasteiger partial charge in [0, 0.05) is 0 Å². The van der Waals surface area contributed by atoms with Crippen molar-refractivity contribution in [1.29, 1.82) is 0 Å². The maximum absolute atomic E-state index is 11.5. The molecule has 0 spiro atoms. The first-order valence-corrected chi connectivity index (χ1v) is 6.78. The van der Waals surface area contributed by atoms with Crippen LogP contribution in [0.3, 0.4) is 0 Å². The van der Waals surface area contributed by atoms with E-state index in [1.807, 2.05) is 31.4 Å². The molecule has 17 heavy (non-hydrogen) atoms. The van der Waals surface area contributed by atoms with E-state index in [2.05, 4.69) is 5.32 Å². The third kappa shape index (κ3) is 2.85. The average molecular weight is 253 g/mol. The van der Waals surface area contributed by atoms with Gasteiger partial charge in [-0.2, -0.15) is 11.8 Å². The number of carbonyl (C=O) groups is 1. The zero-order valence-corrected chi connectivity index (χ0v) is 10.7. The third-order valence-corrected chi connectivity index (χ3v) is 3.10. The van der Waals surface area contributed by atoms with Gasteiger partial charge in [-0.25, -0.2) is 0 Å². The van der Waals surface area contributed by atoms with E-state index in [4.69, 9.17) is 9.47 Å². The van der Waals surface area contributed by atoms with Crippen molar-refractivity contribution < 1.29 is 14.3 Å². The van der Waals surface area contributed by atoms with Crippen LogP contribution in [0.4, 0.5) is 0 Å². The van der Waals surface area contributed by atoms with E-state index in [9.17, 15) is 4.79 Å². The Balaban J connectivity index is 2.04. The number of carbonyl (C=O) groups excluding carboxylic acids is 1. The summed E-state index contributed by atoms with van der Waals surface area (Å²) < 4.78 is 10.5. The van der Waals surface area contributed by atoms with Crippen LogP contribution in [0.1, 0.15) is 18.5 Å². The minimum absolute atomic E-state index is 0.0239. The lowest BCUT2D eigenvalue weighted by Gasteiger charge is -2.14. The summed E-state index contributed by atoms with van der Waals surface area (Å²) in [4.78, 5) is 11.5. The lowest BCUT2D eigenvalue weighted by molar-refractivity contribution is -0.119. The van der Waals surface area contributed by atoms with E-state index in [0.717, 1.165) is 17.1 Å². The molecule has 1 unspecified atom stereocenters. The highest BCUT2D eigenvalue weighted by atomic mass is 32.2. The van der Waals surface area contributed by atoms with Gasteiger partial charge in [-0.3, -0.25) is 4.79 Å². The van der Waals surface area contributed by atoms with Crippen molar-refractivity contribution in [2.75, 3.05) is 18.8 Å². The zero-order valence-electron chi connectivity index (χ0n) is 9.86. The molecule has 0 radical (unpaired) electrons. The molecule has 92 valence electrons. The first-order valence-electron chi connectivity index (χ1n) is 5.38. The van der Waals surface area contributed by atoms with E-state index >= 15 is 0 Å². The average Bonchev–Trinajstić information content (AvgIpc) is 2.75. The van der Waals surface area contributed by atoms with Gasteiger partial charge in [0.15, 0.2) is 11.5 Å². The predicted octanol–water partition coefficient (Wildman–Crippen LogP) is 1.96. The first kappa shape index (κ1) is 12.1. The fourth-order valence-corrected chi connectivity index (χ4v) is 2.03. The number of fused-ring (bicyclic) bond motifs is 1. The van der Waals surface area contributed by atoms with E-state index < -0.39 is 0 Å². The van der Waals surface area contributed by atoms with Gasteiger partial charge in [0.25, 0.3) is 0 Å². The Bertz CT molecular complexity index is 422. The summed E-state index contributed by atoms with van der Waals surface area (Å²) in [6.45, 7) is 2.22. The Morgan fingerprint density at radius 2 is 2.24 bits per heavy atom. The number of ether oxygens (including phenoxy) is 2. The van der Waals surface area contributed by atoms with Crippen molar-refractivity contribution in [1.82, 2.24) is 5.32 Å². The zero-order chi connectivity index (χ0) is 12.3. The Morgan fingerprint density at radius 3 is 3.00 bits per heavy atom. The van der Waals surface area contributed by atoms with Gasteiger partial charge in [-0.15, -0.1) is 0 Å². The topological polar surface area (TPSA) is 47.6 Å². The maximum atomic E-state index is 11.5. The van der Waals surface area contributed by atoms with Gasteiger partial charge >= 0.3 is 0 Å². The number of hydrogen-bond acceptors (Lipinski definition) is 4. The minimum atomic E-state index is -0.0239. The van der Waals surface area contributed by atoms with Crippen molar-refractivity contribution in [3.05, 3.63) is 23.8 Å². The summed E-state index contributed by atoms with van der Waals surface area (Å²) in [5.74, 6) is 2.03. The highest BCUT2D eigenvalue weighted by Gasteiger charge is 2.16. The van der Waals surface area contributed by atoms with Crippen molar-refractivity contribution in [2.45, 2.75) is 13.0 Å². The molecule has 1 aliphatic heterocycles. The van der Waals surface area contributed by atoms with Gasteiger partial charge in [0.2, 0.25) is 12.7 Å². The van der Waals surface area contributed by atoms with E-state index in [0.29, 0.717) is 5.75 Å². The van der Waals surface area contributed by atoms with Gasteiger partial charge in [0.1, 0.15) is 0 Å². The van der Waals surface area contributed by atoms with Gasteiger partial charge in [-0.05, 0) is 30.9 Å². The Kier molecular flexibility index (Phi) is 3.78. The second-order valence-electron chi connectivity index (χ2n) is 3.83. The lowest BCUT2D eigenvalue weighted by atomic mass is 10.1. The standard InChI is InChI=1S/C12H15NO3S/c1-8(13-12(14)6-17-2)9-3-4-10-11(5-9)16-7-15-10/h3-5,8H,6-7H2,1-2H3,(H,13,14). The molecule has 1 aromatic carbocycles. The first-order chi connectivity index (χ1) is 8.20. The quantitative estimate of drug-likeness (QED) is 0.891. The van der Waals surface area contributed by atoms with Crippen molar-refractivity contribution in [3.8, 4) is 11.5 Å². The van der Waals surface area contributed by atoms with Crippen LogP contribution in [-0.4, -0.2) is 24.7 Å². The predicted molar refractivity (Wildman–Crippen MR) is 67.5 cm³/mol. The summed E-state index contributed by atoms with van der Waals surface area (Å²) in [6.07, 6.45) is 1.91. The summed E-state index contributed by atoms with van der Waals surface area (Å²) in [6, 6.07) is 5.70. The molecule has 1 N–H and O–H groups in total. The normalized spacial score (nSPS) is 14.5. The largest absolute Gasteiger partial charge is 0.454 e. The lowest BCUT2D eigenvalue weighted by Crippen LogP contribution is -2.28. The summed E-state index contributed by atoms with van der Waals surface area (Å²) in [5, 5.41) is 2.93. The number of amides is 1. The van der Waals surface area contributed by atoms with Gasteiger partial charge in [-0.1, -0.05) is 6.07 Å². The SMILES string of the molecule is CSCC(=O)NC(C)c1ccc2c(c1)OCO2. The number of thioether (sulfide) groups is 1. The molecule has 1 atom stereocenters. The molecule has 2 rings (SSSR count). The molecule has 0 aliphatic carbocycles. The van der Waals surface area contributed by atoms with Gasteiger partial charge in [0.05, 0.1) is 11.8 Å². The van der Waals surface area contributed by atoms with Crippen molar-refractivity contribution in [2.24, 2.45) is 0 Å². The molecule has 1 heterocycles. The molecule has 0 bridgehead atoms. The second kappa shape index (κ2) is 5.31. The molecule has 0 fully saturated rings. The molecule has 1 aromatic rings. The fourth-order valence-electron chi connectivity index (χ4n) is 1.68. The van der Waals surface area contributed by atoms with Crippen LogP contribution in [0.25, 0.3) is 0 Å². The highest BCUT2D eigenvalue weighted by molar-refractivity contribution is 7.99. The third-order valence-electron chi connectivity index (χ3n) is 2.55. The van der Waals surface area contributed by atoms with Gasteiger partial charge < -0.3 is 14.8 Å². The fraction of sp³-hybridized carbons (Fsp3) is 0.417. The van der Waals surface area contributed by atoms with Crippen LogP contribution < -0.4 is 14.8 Å². The summed E-state index contributed by atoms with van der Waals surface area (Å²) in [5.41, 5.74) is 1.02. The Morgan fingerprint density at radius 1 is 1.47 bits per heavy atom. The van der Waals surface area contributed by atoms with Crippen LogP contribution in [0.15, 0.2) is 18.2 Å². The molecule has 1 aliphatic rings. The summed E-state index contributed by atoms with van der Waals surface area (Å²) in [7, 11) is 0. The van der Waals surface area contributed by atoms with Crippen molar-refractivity contribution in [3.63, 3.8) is 0 Å². The molecular weight excluding hydrogens is 238 g/mol. The van der Waals surface area contributed by atoms with Crippen LogP contribution in [0.2, 0.25) is 0 Å². The Hall–Kier alpha value is -1.36. The van der Waals surface area contributed by atoms with E-state index in [-0.39, 0.29) is 18.7 Å². The van der Waals surface area contributed by atoms with E-state index in [1.165, 1.54) is 11.8 Å². The monoisotopic (exact) mass is 253 g/mol. The molecule has 0 saturated heterocycles. The maximum Gasteiger partial charge on any atom is 0.231 e. The van der Waals surface area contributed by atoms with E-state index in [1.54, 1.807) is 0 Å². The smallest absolute Gasteiger partial charge is 0.231 e. The van der Waals surface area contributed by atoms with Crippen molar-refractivity contribution >= 4 is 17.7 Å². The highest BCUT2D eigenvalue weighted by Crippen LogP contribution is 2.34. The summed E-state index contributed by atoms with van der Waals surface area (Å²) >= 11 is 1.51. The second-order valence-corrected chi connectivity index (χ2v) is 4.70. The minimum Gasteiger partial charge on any atom is -0.454 e. The number of nitrogens with one attached hydrogen (secondary N) is 1. The molecule has 0 saturated carbocycles. The molecule has 0 aromatic heterocycles. The number of hydrogen-bond donors (Lipinski definition) is 1.